The number of aromatic hydroxyl groups is 1. The molecule has 5 nitrogen and oxygen atoms in total. The second kappa shape index (κ2) is 9.82. The zero-order chi connectivity index (χ0) is 22.6. The fourth-order valence-electron chi connectivity index (χ4n) is 5.52. The van der Waals surface area contributed by atoms with Gasteiger partial charge in [-0.05, 0) is 61.4 Å². The first-order valence-corrected chi connectivity index (χ1v) is 12.5. The Morgan fingerprint density at radius 1 is 0.879 bits per heavy atom. The summed E-state index contributed by atoms with van der Waals surface area (Å²) >= 11 is 0. The molecule has 2 N–H and O–H groups in total. The summed E-state index contributed by atoms with van der Waals surface area (Å²) in [4.78, 5) is 18.1. The number of aromatic amines is 1. The first-order valence-electron chi connectivity index (χ1n) is 12.5. The highest BCUT2D eigenvalue weighted by Gasteiger charge is 2.24. The lowest BCUT2D eigenvalue weighted by atomic mass is 9.84. The van der Waals surface area contributed by atoms with Crippen LogP contribution in [0.3, 0.4) is 0 Å². The predicted octanol–water partition coefficient (Wildman–Crippen LogP) is 6.72. The molecule has 2 aliphatic rings. The summed E-state index contributed by atoms with van der Waals surface area (Å²) in [6.07, 6.45) is 13.7. The van der Waals surface area contributed by atoms with Crippen molar-refractivity contribution in [1.29, 1.82) is 0 Å². The predicted molar refractivity (Wildman–Crippen MR) is 133 cm³/mol. The van der Waals surface area contributed by atoms with Gasteiger partial charge < -0.3 is 5.11 Å². The monoisotopic (exact) mass is 443 g/mol. The van der Waals surface area contributed by atoms with Gasteiger partial charge >= 0.3 is 0 Å². The molecule has 1 aromatic heterocycles. The number of aromatic nitrogens is 2. The number of para-hydroxylation sites is 1. The third kappa shape index (κ3) is 4.68. The van der Waals surface area contributed by atoms with Gasteiger partial charge in [-0.2, -0.15) is 0 Å². The molecule has 0 bridgehead atoms. The SMILES string of the molecule is O=c1c(C=Nc2cc(C3CCCCC3)ccc2O)c(C2CCCCC2)[nH]n1-c1ccccc1. The molecule has 5 rings (SSSR count). The Morgan fingerprint density at radius 3 is 2.24 bits per heavy atom. The van der Waals surface area contributed by atoms with Crippen LogP contribution in [0.2, 0.25) is 0 Å². The lowest BCUT2D eigenvalue weighted by Crippen LogP contribution is -2.17. The highest BCUT2D eigenvalue weighted by molar-refractivity contribution is 5.84. The van der Waals surface area contributed by atoms with E-state index in [9.17, 15) is 9.90 Å². The molecule has 0 unspecified atom stereocenters. The van der Waals surface area contributed by atoms with Crippen molar-refractivity contribution in [3.8, 4) is 11.4 Å². The Kier molecular flexibility index (Phi) is 6.47. The van der Waals surface area contributed by atoms with Crippen molar-refractivity contribution in [3.05, 3.63) is 75.7 Å². The van der Waals surface area contributed by atoms with Crippen LogP contribution in [0.25, 0.3) is 5.69 Å². The molecule has 2 fully saturated rings. The summed E-state index contributed by atoms with van der Waals surface area (Å²) in [6, 6.07) is 15.5. The second-order valence-corrected chi connectivity index (χ2v) is 9.59. The van der Waals surface area contributed by atoms with E-state index in [0.717, 1.165) is 24.2 Å². The number of nitrogens with one attached hydrogen (secondary N) is 1. The van der Waals surface area contributed by atoms with Crippen LogP contribution in [-0.2, 0) is 0 Å². The minimum Gasteiger partial charge on any atom is -0.506 e. The number of benzene rings is 2. The zero-order valence-electron chi connectivity index (χ0n) is 19.2. The smallest absolute Gasteiger partial charge is 0.280 e. The maximum atomic E-state index is 13.4. The molecule has 0 atom stereocenters. The van der Waals surface area contributed by atoms with Crippen LogP contribution in [0, 0.1) is 0 Å². The number of aliphatic imine (C=N–C) groups is 1. The van der Waals surface area contributed by atoms with Crippen LogP contribution < -0.4 is 5.56 Å². The third-order valence-electron chi connectivity index (χ3n) is 7.39. The van der Waals surface area contributed by atoms with Crippen LogP contribution in [0.1, 0.15) is 92.9 Å². The second-order valence-electron chi connectivity index (χ2n) is 9.59. The first-order chi connectivity index (χ1) is 16.2. The van der Waals surface area contributed by atoms with E-state index >= 15 is 0 Å². The van der Waals surface area contributed by atoms with Crippen molar-refractivity contribution in [2.45, 2.75) is 76.0 Å². The number of phenols is 1. The van der Waals surface area contributed by atoms with Gasteiger partial charge in [-0.3, -0.25) is 14.9 Å². The lowest BCUT2D eigenvalue weighted by molar-refractivity contribution is 0.434. The van der Waals surface area contributed by atoms with Crippen molar-refractivity contribution in [2.24, 2.45) is 4.99 Å². The molecule has 0 amide bonds. The Balaban J connectivity index is 1.52. The maximum absolute atomic E-state index is 13.4. The first kappa shape index (κ1) is 21.7. The van der Waals surface area contributed by atoms with E-state index in [1.165, 1.54) is 56.9 Å². The van der Waals surface area contributed by atoms with E-state index in [1.807, 2.05) is 42.5 Å². The van der Waals surface area contributed by atoms with Crippen molar-refractivity contribution in [1.82, 2.24) is 9.78 Å². The summed E-state index contributed by atoms with van der Waals surface area (Å²) in [6.45, 7) is 0. The van der Waals surface area contributed by atoms with E-state index < -0.39 is 0 Å². The highest BCUT2D eigenvalue weighted by Crippen LogP contribution is 2.37. The summed E-state index contributed by atoms with van der Waals surface area (Å²) in [7, 11) is 0. The summed E-state index contributed by atoms with van der Waals surface area (Å²) in [5.74, 6) is 1.03. The van der Waals surface area contributed by atoms with Gasteiger partial charge in [-0.15, -0.1) is 0 Å². The normalized spacial score (nSPS) is 18.2. The number of H-pyrrole nitrogens is 1. The standard InChI is InChI=1S/C28H33N3O2/c32-26-17-16-22(20-10-4-1-5-11-20)18-25(26)29-19-24-27(21-12-6-2-7-13-21)30-31(28(24)33)23-14-8-3-9-15-23/h3,8-9,14-21,30,32H,1-2,4-7,10-13H2. The number of nitrogens with zero attached hydrogens (tertiary/aromatic N) is 2. The van der Waals surface area contributed by atoms with E-state index in [1.54, 1.807) is 17.0 Å². The molecule has 2 aromatic carbocycles. The Labute approximate surface area is 195 Å². The summed E-state index contributed by atoms with van der Waals surface area (Å²) in [5, 5.41) is 13.9. The quantitative estimate of drug-likeness (QED) is 0.430. The van der Waals surface area contributed by atoms with Gasteiger partial charge in [0.1, 0.15) is 11.4 Å². The van der Waals surface area contributed by atoms with Crippen molar-refractivity contribution >= 4 is 11.9 Å². The highest BCUT2D eigenvalue weighted by atomic mass is 16.3. The van der Waals surface area contributed by atoms with E-state index in [4.69, 9.17) is 0 Å². The van der Waals surface area contributed by atoms with Gasteiger partial charge in [-0.1, -0.05) is 62.8 Å². The summed E-state index contributed by atoms with van der Waals surface area (Å²) < 4.78 is 1.63. The van der Waals surface area contributed by atoms with E-state index in [-0.39, 0.29) is 11.3 Å². The molecule has 1 heterocycles. The van der Waals surface area contributed by atoms with Crippen LogP contribution in [0.15, 0.2) is 58.3 Å². The van der Waals surface area contributed by atoms with E-state index in [0.29, 0.717) is 23.1 Å². The van der Waals surface area contributed by atoms with Crippen LogP contribution in [0.4, 0.5) is 5.69 Å². The third-order valence-corrected chi connectivity index (χ3v) is 7.39. The molecular weight excluding hydrogens is 410 g/mol. The van der Waals surface area contributed by atoms with Crippen molar-refractivity contribution in [3.63, 3.8) is 0 Å². The fourth-order valence-corrected chi connectivity index (χ4v) is 5.52. The molecule has 33 heavy (non-hydrogen) atoms. The van der Waals surface area contributed by atoms with Gasteiger partial charge in [0, 0.05) is 17.8 Å². The fraction of sp³-hybridized carbons (Fsp3) is 0.429. The van der Waals surface area contributed by atoms with Gasteiger partial charge in [0.2, 0.25) is 0 Å². The number of hydrogen-bond acceptors (Lipinski definition) is 3. The van der Waals surface area contributed by atoms with Crippen LogP contribution in [0.5, 0.6) is 5.75 Å². The zero-order valence-corrected chi connectivity index (χ0v) is 19.2. The van der Waals surface area contributed by atoms with Crippen molar-refractivity contribution < 1.29 is 5.11 Å². The van der Waals surface area contributed by atoms with Gasteiger partial charge in [0.15, 0.2) is 0 Å². The maximum Gasteiger partial charge on any atom is 0.280 e. The molecule has 0 radical (unpaired) electrons. The van der Waals surface area contributed by atoms with Gasteiger partial charge in [0.05, 0.1) is 11.3 Å². The summed E-state index contributed by atoms with van der Waals surface area (Å²) in [5.41, 5.74) is 4.08. The average molecular weight is 444 g/mol. The number of hydrogen-bond donors (Lipinski definition) is 2. The van der Waals surface area contributed by atoms with Gasteiger partial charge in [0.25, 0.3) is 5.56 Å². The number of phenolic OH excluding ortho intramolecular Hbond substituents is 1. The lowest BCUT2D eigenvalue weighted by Gasteiger charge is -2.22. The largest absolute Gasteiger partial charge is 0.506 e. The molecule has 0 aliphatic heterocycles. The topological polar surface area (TPSA) is 70.4 Å². The number of rotatable bonds is 5. The van der Waals surface area contributed by atoms with E-state index in [2.05, 4.69) is 10.1 Å². The Hall–Kier alpha value is -3.08. The Bertz CT molecular complexity index is 1160. The molecule has 3 aromatic rings. The molecule has 5 heteroatoms. The molecule has 2 aliphatic carbocycles. The molecule has 2 saturated carbocycles. The molecule has 0 saturated heterocycles. The average Bonchev–Trinajstić information content (AvgIpc) is 3.21. The Morgan fingerprint density at radius 2 is 1.55 bits per heavy atom. The van der Waals surface area contributed by atoms with Crippen LogP contribution >= 0.6 is 0 Å². The minimum atomic E-state index is -0.0894. The van der Waals surface area contributed by atoms with Crippen LogP contribution in [-0.4, -0.2) is 21.1 Å². The molecule has 0 spiro atoms. The molecule has 172 valence electrons. The van der Waals surface area contributed by atoms with Gasteiger partial charge in [-0.25, -0.2) is 4.68 Å². The van der Waals surface area contributed by atoms with Crippen molar-refractivity contribution in [2.75, 3.05) is 0 Å². The molecular formula is C28H33N3O2. The minimum absolute atomic E-state index is 0.0894.